The minimum atomic E-state index is -0.897. The van der Waals surface area contributed by atoms with Gasteiger partial charge in [0.2, 0.25) is 0 Å². The molecule has 30 heavy (non-hydrogen) atoms. The first-order valence-electron chi connectivity index (χ1n) is 9.55. The van der Waals surface area contributed by atoms with E-state index in [1.54, 1.807) is 36.4 Å². The minimum absolute atomic E-state index is 0.00327. The van der Waals surface area contributed by atoms with Gasteiger partial charge in [-0.05, 0) is 36.2 Å². The van der Waals surface area contributed by atoms with Crippen molar-refractivity contribution in [1.29, 1.82) is 0 Å². The highest BCUT2D eigenvalue weighted by molar-refractivity contribution is 5.65. The number of nitro benzene ring substituents is 1. The molecule has 1 saturated heterocycles. The molecule has 2 aromatic rings. The second-order valence-electron chi connectivity index (χ2n) is 7.06. The van der Waals surface area contributed by atoms with Crippen LogP contribution in [0.15, 0.2) is 42.5 Å². The van der Waals surface area contributed by atoms with Crippen molar-refractivity contribution >= 4 is 11.8 Å². The smallest absolute Gasteiger partial charge is 0.407 e. The van der Waals surface area contributed by atoms with Gasteiger partial charge in [0.25, 0.3) is 5.69 Å². The van der Waals surface area contributed by atoms with Gasteiger partial charge in [-0.25, -0.2) is 4.79 Å². The van der Waals surface area contributed by atoms with Crippen LogP contribution in [0.25, 0.3) is 0 Å². The van der Waals surface area contributed by atoms with Crippen LogP contribution in [0.4, 0.5) is 10.5 Å². The Kier molecular flexibility index (Phi) is 7.08. The Hall–Kier alpha value is -3.33. The maximum atomic E-state index is 11.3. The van der Waals surface area contributed by atoms with Crippen LogP contribution < -0.4 is 9.47 Å². The second-order valence-corrected chi connectivity index (χ2v) is 7.06. The van der Waals surface area contributed by atoms with Crippen molar-refractivity contribution < 1.29 is 29.0 Å². The Morgan fingerprint density at radius 1 is 1.17 bits per heavy atom. The molecule has 0 saturated carbocycles. The average Bonchev–Trinajstić information content (AvgIpc) is 3.21. The van der Waals surface area contributed by atoms with Gasteiger partial charge in [-0.15, -0.1) is 0 Å². The quantitative estimate of drug-likeness (QED) is 0.490. The summed E-state index contributed by atoms with van der Waals surface area (Å²) in [6.07, 6.45) is -0.112. The molecule has 160 valence electrons. The van der Waals surface area contributed by atoms with Crippen molar-refractivity contribution in [3.63, 3.8) is 0 Å². The number of nitro groups is 1. The molecule has 0 bridgehead atoms. The van der Waals surface area contributed by atoms with E-state index in [-0.39, 0.29) is 24.8 Å². The first-order valence-corrected chi connectivity index (χ1v) is 9.55. The molecule has 1 aliphatic heterocycles. The zero-order chi connectivity index (χ0) is 21.5. The number of nitrogens with zero attached hydrogens (tertiary/aromatic N) is 2. The minimum Gasteiger partial charge on any atom is -0.493 e. The number of carboxylic acid groups (broad SMARTS) is 1. The Labute approximate surface area is 173 Å². The molecule has 1 fully saturated rings. The highest BCUT2D eigenvalue weighted by atomic mass is 16.6. The van der Waals surface area contributed by atoms with Gasteiger partial charge in [-0.3, -0.25) is 10.1 Å². The largest absolute Gasteiger partial charge is 0.493 e. The first-order chi connectivity index (χ1) is 14.5. The molecular formula is C21H24N2O7. The van der Waals surface area contributed by atoms with E-state index in [1.165, 1.54) is 18.1 Å². The molecule has 1 N–H and O–H groups in total. The van der Waals surface area contributed by atoms with Crippen LogP contribution in [0.3, 0.4) is 0 Å². The normalized spacial score (nSPS) is 15.8. The number of carbonyl (C=O) groups is 1. The van der Waals surface area contributed by atoms with Gasteiger partial charge in [0.1, 0.15) is 18.1 Å². The Morgan fingerprint density at radius 2 is 1.87 bits per heavy atom. The van der Waals surface area contributed by atoms with Crippen LogP contribution in [0.1, 0.15) is 17.5 Å². The molecule has 0 aliphatic carbocycles. The lowest BCUT2D eigenvalue weighted by atomic mass is 10.1. The summed E-state index contributed by atoms with van der Waals surface area (Å²) < 4.78 is 16.6. The molecule has 0 spiro atoms. The third kappa shape index (κ3) is 5.38. The number of benzene rings is 2. The Morgan fingerprint density at radius 3 is 2.47 bits per heavy atom. The van der Waals surface area contributed by atoms with E-state index in [2.05, 4.69) is 0 Å². The highest BCUT2D eigenvalue weighted by Gasteiger charge is 2.26. The predicted octanol–water partition coefficient (Wildman–Crippen LogP) is 3.70. The van der Waals surface area contributed by atoms with Crippen molar-refractivity contribution in [2.45, 2.75) is 19.6 Å². The molecule has 1 amide bonds. The van der Waals surface area contributed by atoms with Gasteiger partial charge < -0.3 is 24.2 Å². The highest BCUT2D eigenvalue weighted by Crippen LogP contribution is 2.26. The second kappa shape index (κ2) is 9.93. The van der Waals surface area contributed by atoms with Crippen LogP contribution in [0.5, 0.6) is 11.5 Å². The van der Waals surface area contributed by atoms with E-state index in [0.717, 1.165) is 6.42 Å². The zero-order valence-electron chi connectivity index (χ0n) is 16.7. The summed E-state index contributed by atoms with van der Waals surface area (Å²) in [6.45, 7) is 1.76. The van der Waals surface area contributed by atoms with E-state index in [0.29, 0.717) is 42.3 Å². The molecule has 1 heterocycles. The number of hydrogen-bond acceptors (Lipinski definition) is 6. The van der Waals surface area contributed by atoms with Crippen molar-refractivity contribution in [2.24, 2.45) is 5.92 Å². The molecule has 0 radical (unpaired) electrons. The number of amides is 1. The molecular weight excluding hydrogens is 392 g/mol. The van der Waals surface area contributed by atoms with Crippen molar-refractivity contribution in [2.75, 3.05) is 26.8 Å². The molecule has 1 aliphatic rings. The number of rotatable bonds is 9. The molecule has 2 aromatic carbocycles. The lowest BCUT2D eigenvalue weighted by molar-refractivity contribution is -0.385. The maximum Gasteiger partial charge on any atom is 0.407 e. The number of hydrogen-bond donors (Lipinski definition) is 1. The summed E-state index contributed by atoms with van der Waals surface area (Å²) in [5, 5.41) is 20.3. The fraction of sp³-hybridized carbons (Fsp3) is 0.381. The van der Waals surface area contributed by atoms with Gasteiger partial charge in [0, 0.05) is 32.2 Å². The monoisotopic (exact) mass is 416 g/mol. The van der Waals surface area contributed by atoms with Gasteiger partial charge in [0.15, 0.2) is 0 Å². The summed E-state index contributed by atoms with van der Waals surface area (Å²) in [5.74, 6) is 1.39. The molecule has 1 atom stereocenters. The van der Waals surface area contributed by atoms with Crippen molar-refractivity contribution in [3.8, 4) is 11.5 Å². The standard InChI is InChI=1S/C21H24N2O7/c1-28-13-16-3-2-4-20(23(26)27)19(16)14-30-18-7-5-17(6-8-18)29-12-15-9-10-22(11-15)21(24)25/h2-8,15H,9-14H2,1H3,(H,24,25)/t15-/m0/s1. The Balaban J connectivity index is 1.56. The average molecular weight is 416 g/mol. The van der Waals surface area contributed by atoms with Crippen LogP contribution in [-0.2, 0) is 18.0 Å². The van der Waals surface area contributed by atoms with E-state index >= 15 is 0 Å². The van der Waals surface area contributed by atoms with E-state index < -0.39 is 11.0 Å². The van der Waals surface area contributed by atoms with Crippen molar-refractivity contribution in [3.05, 3.63) is 63.7 Å². The zero-order valence-corrected chi connectivity index (χ0v) is 16.7. The van der Waals surface area contributed by atoms with Gasteiger partial charge >= 0.3 is 6.09 Å². The lowest BCUT2D eigenvalue weighted by Crippen LogP contribution is -2.27. The summed E-state index contributed by atoms with van der Waals surface area (Å²) in [7, 11) is 1.53. The predicted molar refractivity (Wildman–Crippen MR) is 108 cm³/mol. The Bertz CT molecular complexity index is 885. The number of likely N-dealkylation sites (tertiary alicyclic amines) is 1. The van der Waals surface area contributed by atoms with Crippen LogP contribution in [0, 0.1) is 16.0 Å². The number of methoxy groups -OCH3 is 1. The van der Waals surface area contributed by atoms with Crippen molar-refractivity contribution in [1.82, 2.24) is 4.90 Å². The molecule has 9 nitrogen and oxygen atoms in total. The molecule has 3 rings (SSSR count). The van der Waals surface area contributed by atoms with Gasteiger partial charge in [-0.2, -0.15) is 0 Å². The first kappa shape index (κ1) is 21.4. The summed E-state index contributed by atoms with van der Waals surface area (Å²) in [6, 6.07) is 11.8. The summed E-state index contributed by atoms with van der Waals surface area (Å²) in [4.78, 5) is 23.3. The van der Waals surface area contributed by atoms with E-state index in [9.17, 15) is 14.9 Å². The maximum absolute atomic E-state index is 11.3. The van der Waals surface area contributed by atoms with Gasteiger partial charge in [0.05, 0.1) is 23.7 Å². The van der Waals surface area contributed by atoms with Crippen LogP contribution >= 0.6 is 0 Å². The summed E-state index contributed by atoms with van der Waals surface area (Å²) in [5.41, 5.74) is 1.18. The third-order valence-corrected chi connectivity index (χ3v) is 4.99. The lowest BCUT2D eigenvalue weighted by Gasteiger charge is -2.14. The fourth-order valence-corrected chi connectivity index (χ4v) is 3.39. The van der Waals surface area contributed by atoms with Crippen LogP contribution in [-0.4, -0.2) is 47.8 Å². The van der Waals surface area contributed by atoms with Crippen LogP contribution in [0.2, 0.25) is 0 Å². The SMILES string of the molecule is COCc1cccc([N+](=O)[O-])c1COc1ccc(OC[C@H]2CCN(C(=O)O)C2)cc1. The molecule has 0 aromatic heterocycles. The topological polar surface area (TPSA) is 111 Å². The van der Waals surface area contributed by atoms with E-state index in [4.69, 9.17) is 19.3 Å². The number of ether oxygens (including phenoxy) is 3. The summed E-state index contributed by atoms with van der Waals surface area (Å²) >= 11 is 0. The third-order valence-electron chi connectivity index (χ3n) is 4.99. The van der Waals surface area contributed by atoms with E-state index in [1.807, 2.05) is 0 Å². The fourth-order valence-electron chi connectivity index (χ4n) is 3.39. The molecule has 0 unspecified atom stereocenters. The van der Waals surface area contributed by atoms with Gasteiger partial charge in [-0.1, -0.05) is 12.1 Å². The molecule has 9 heteroatoms.